The van der Waals surface area contributed by atoms with Gasteiger partial charge in [0.2, 0.25) is 6.29 Å². The number of ether oxygens (including phenoxy) is 3. The highest BCUT2D eigenvalue weighted by molar-refractivity contribution is 5.68. The molecule has 1 unspecified atom stereocenters. The molecule has 0 aliphatic rings. The van der Waals surface area contributed by atoms with Crippen LogP contribution in [-0.2, 0) is 19.0 Å². The molecule has 0 radical (unpaired) electrons. The van der Waals surface area contributed by atoms with Crippen LogP contribution in [0.4, 0.5) is 0 Å². The first-order chi connectivity index (χ1) is 6.74. The van der Waals surface area contributed by atoms with Gasteiger partial charge in [0.15, 0.2) is 0 Å². The van der Waals surface area contributed by atoms with Crippen molar-refractivity contribution >= 4 is 5.97 Å². The van der Waals surface area contributed by atoms with E-state index in [9.17, 15) is 4.79 Å². The lowest BCUT2D eigenvalue weighted by atomic mass is 10.4. The number of carbonyl (C=O) groups excluding carboxylic acids is 1. The van der Waals surface area contributed by atoms with Crippen molar-refractivity contribution in [3.8, 4) is 0 Å². The van der Waals surface area contributed by atoms with E-state index in [0.29, 0.717) is 32.7 Å². The number of esters is 1. The van der Waals surface area contributed by atoms with Crippen LogP contribution < -0.4 is 0 Å². The van der Waals surface area contributed by atoms with Gasteiger partial charge in [0.1, 0.15) is 0 Å². The van der Waals surface area contributed by atoms with Gasteiger partial charge in [-0.05, 0) is 13.8 Å². The molecule has 0 aliphatic heterocycles. The molecule has 0 N–H and O–H groups in total. The van der Waals surface area contributed by atoms with Crippen molar-refractivity contribution in [2.24, 2.45) is 0 Å². The van der Waals surface area contributed by atoms with Crippen molar-refractivity contribution in [3.05, 3.63) is 0 Å². The highest BCUT2D eigenvalue weighted by Crippen LogP contribution is 2.03. The third-order valence-corrected chi connectivity index (χ3v) is 1.61. The van der Waals surface area contributed by atoms with Crippen LogP contribution in [0.25, 0.3) is 0 Å². The Morgan fingerprint density at radius 2 is 1.93 bits per heavy atom. The first-order valence-electron chi connectivity index (χ1n) is 5.13. The lowest BCUT2D eigenvalue weighted by molar-refractivity contribution is -0.181. The Labute approximate surface area is 85.5 Å². The van der Waals surface area contributed by atoms with Gasteiger partial charge in [0, 0.05) is 26.1 Å². The molecule has 0 spiro atoms. The van der Waals surface area contributed by atoms with Crippen molar-refractivity contribution in [3.63, 3.8) is 0 Å². The normalized spacial score (nSPS) is 12.5. The SMILES string of the molecule is CCOCCC(OCC)OC(=O)CC. The Balaban J connectivity index is 3.70. The van der Waals surface area contributed by atoms with E-state index in [2.05, 4.69) is 0 Å². The van der Waals surface area contributed by atoms with Gasteiger partial charge in [0.25, 0.3) is 0 Å². The zero-order valence-corrected chi connectivity index (χ0v) is 9.25. The van der Waals surface area contributed by atoms with E-state index in [0.717, 1.165) is 0 Å². The molecule has 4 nitrogen and oxygen atoms in total. The fourth-order valence-corrected chi connectivity index (χ4v) is 0.916. The average molecular weight is 204 g/mol. The molecule has 0 bridgehead atoms. The highest BCUT2D eigenvalue weighted by atomic mass is 16.7. The Morgan fingerprint density at radius 3 is 2.43 bits per heavy atom. The summed E-state index contributed by atoms with van der Waals surface area (Å²) in [5.74, 6) is -0.236. The Morgan fingerprint density at radius 1 is 1.21 bits per heavy atom. The molecule has 0 rings (SSSR count). The minimum absolute atomic E-state index is 0.236. The first-order valence-corrected chi connectivity index (χ1v) is 5.13. The summed E-state index contributed by atoms with van der Waals surface area (Å²) in [6, 6.07) is 0. The van der Waals surface area contributed by atoms with E-state index in [4.69, 9.17) is 14.2 Å². The fourth-order valence-electron chi connectivity index (χ4n) is 0.916. The molecular weight excluding hydrogens is 184 g/mol. The van der Waals surface area contributed by atoms with E-state index in [-0.39, 0.29) is 5.97 Å². The molecule has 0 saturated carbocycles. The van der Waals surface area contributed by atoms with Gasteiger partial charge in [-0.3, -0.25) is 4.79 Å². The van der Waals surface area contributed by atoms with E-state index in [1.54, 1.807) is 6.92 Å². The summed E-state index contributed by atoms with van der Waals surface area (Å²) in [5, 5.41) is 0. The molecule has 0 aromatic carbocycles. The Kier molecular flexibility index (Phi) is 8.57. The molecular formula is C10H20O4. The van der Waals surface area contributed by atoms with Crippen LogP contribution in [0.2, 0.25) is 0 Å². The Hall–Kier alpha value is -0.610. The third-order valence-electron chi connectivity index (χ3n) is 1.61. The maximum Gasteiger partial charge on any atom is 0.307 e. The second-order valence-electron chi connectivity index (χ2n) is 2.71. The smallest absolute Gasteiger partial charge is 0.307 e. The summed E-state index contributed by atoms with van der Waals surface area (Å²) in [6.45, 7) is 7.31. The number of rotatable bonds is 8. The van der Waals surface area contributed by atoms with Gasteiger partial charge in [-0.2, -0.15) is 0 Å². The van der Waals surface area contributed by atoms with Crippen LogP contribution >= 0.6 is 0 Å². The molecule has 1 atom stereocenters. The minimum atomic E-state index is -0.459. The van der Waals surface area contributed by atoms with Gasteiger partial charge < -0.3 is 14.2 Å². The van der Waals surface area contributed by atoms with E-state index < -0.39 is 6.29 Å². The summed E-state index contributed by atoms with van der Waals surface area (Å²) in [6.07, 6.45) is 0.505. The molecule has 0 aliphatic carbocycles. The van der Waals surface area contributed by atoms with Gasteiger partial charge in [-0.1, -0.05) is 6.92 Å². The minimum Gasteiger partial charge on any atom is -0.436 e. The van der Waals surface area contributed by atoms with Crippen LogP contribution in [0, 0.1) is 0 Å². The molecule has 0 aromatic rings. The summed E-state index contributed by atoms with van der Waals surface area (Å²) < 4.78 is 15.4. The first kappa shape index (κ1) is 13.4. The second kappa shape index (κ2) is 8.97. The van der Waals surface area contributed by atoms with Crippen LogP contribution in [0.3, 0.4) is 0 Å². The molecule has 0 fully saturated rings. The lowest BCUT2D eigenvalue weighted by Crippen LogP contribution is -2.22. The van der Waals surface area contributed by atoms with Crippen molar-refractivity contribution in [1.29, 1.82) is 0 Å². The number of carbonyl (C=O) groups is 1. The summed E-state index contributed by atoms with van der Waals surface area (Å²) in [5.41, 5.74) is 0. The average Bonchev–Trinajstić information content (AvgIpc) is 2.18. The van der Waals surface area contributed by atoms with Gasteiger partial charge in [-0.15, -0.1) is 0 Å². The molecule has 0 aromatic heterocycles. The van der Waals surface area contributed by atoms with E-state index in [1.165, 1.54) is 0 Å². The number of hydrogen-bond acceptors (Lipinski definition) is 4. The topological polar surface area (TPSA) is 44.8 Å². The van der Waals surface area contributed by atoms with Crippen molar-refractivity contribution < 1.29 is 19.0 Å². The second-order valence-corrected chi connectivity index (χ2v) is 2.71. The van der Waals surface area contributed by atoms with Crippen molar-refractivity contribution in [2.45, 2.75) is 39.9 Å². The predicted molar refractivity (Wildman–Crippen MR) is 52.9 cm³/mol. The zero-order valence-electron chi connectivity index (χ0n) is 9.25. The maximum absolute atomic E-state index is 11.0. The Bertz CT molecular complexity index is 147. The van der Waals surface area contributed by atoms with Crippen LogP contribution in [0.5, 0.6) is 0 Å². The largest absolute Gasteiger partial charge is 0.436 e. The monoisotopic (exact) mass is 204 g/mol. The van der Waals surface area contributed by atoms with Gasteiger partial charge in [0.05, 0.1) is 6.61 Å². The van der Waals surface area contributed by atoms with Crippen molar-refractivity contribution in [2.75, 3.05) is 19.8 Å². The van der Waals surface area contributed by atoms with Gasteiger partial charge >= 0.3 is 5.97 Å². The molecule has 0 saturated heterocycles. The van der Waals surface area contributed by atoms with Crippen LogP contribution in [0.1, 0.15) is 33.6 Å². The van der Waals surface area contributed by atoms with Crippen LogP contribution in [-0.4, -0.2) is 32.1 Å². The summed E-state index contributed by atoms with van der Waals surface area (Å²) in [7, 11) is 0. The molecule has 14 heavy (non-hydrogen) atoms. The van der Waals surface area contributed by atoms with E-state index in [1.807, 2.05) is 13.8 Å². The predicted octanol–water partition coefficient (Wildman–Crippen LogP) is 1.73. The zero-order chi connectivity index (χ0) is 10.8. The third kappa shape index (κ3) is 6.86. The summed E-state index contributed by atoms with van der Waals surface area (Å²) in [4.78, 5) is 11.0. The van der Waals surface area contributed by atoms with E-state index >= 15 is 0 Å². The molecule has 84 valence electrons. The quantitative estimate of drug-likeness (QED) is 0.343. The fraction of sp³-hybridized carbons (Fsp3) is 0.900. The standard InChI is InChI=1S/C10H20O4/c1-4-9(11)14-10(13-6-3)7-8-12-5-2/h10H,4-8H2,1-3H3. The molecule has 0 amide bonds. The van der Waals surface area contributed by atoms with Crippen LogP contribution in [0.15, 0.2) is 0 Å². The summed E-state index contributed by atoms with van der Waals surface area (Å²) >= 11 is 0. The lowest BCUT2D eigenvalue weighted by Gasteiger charge is -2.16. The maximum atomic E-state index is 11.0. The molecule has 0 heterocycles. The number of hydrogen-bond donors (Lipinski definition) is 0. The molecule has 4 heteroatoms. The van der Waals surface area contributed by atoms with Crippen molar-refractivity contribution in [1.82, 2.24) is 0 Å². The highest BCUT2D eigenvalue weighted by Gasteiger charge is 2.12. The van der Waals surface area contributed by atoms with Gasteiger partial charge in [-0.25, -0.2) is 0 Å².